The van der Waals surface area contributed by atoms with Crippen LogP contribution in [-0.4, -0.2) is 26.0 Å². The molecule has 0 unspecified atom stereocenters. The third kappa shape index (κ3) is 2.55. The van der Waals surface area contributed by atoms with Gasteiger partial charge in [0.05, 0.1) is 11.3 Å². The Morgan fingerprint density at radius 2 is 2.00 bits per heavy atom. The van der Waals surface area contributed by atoms with Crippen molar-refractivity contribution in [2.45, 2.75) is 19.4 Å². The van der Waals surface area contributed by atoms with Gasteiger partial charge in [-0.1, -0.05) is 6.07 Å². The van der Waals surface area contributed by atoms with Gasteiger partial charge >= 0.3 is 5.97 Å². The summed E-state index contributed by atoms with van der Waals surface area (Å²) in [4.78, 5) is 10.9. The number of aromatic carboxylic acids is 1. The number of carboxylic acids is 1. The molecule has 0 atom stereocenters. The topological polar surface area (TPSA) is 75.3 Å². The molecule has 0 bridgehead atoms. The average molecular weight is 278 g/mol. The van der Waals surface area contributed by atoms with Crippen LogP contribution in [0.25, 0.3) is 11.3 Å². The fourth-order valence-electron chi connectivity index (χ4n) is 1.90. The minimum atomic E-state index is -1.14. The first kappa shape index (κ1) is 14.2. The number of hydrogen-bond acceptors (Lipinski definition) is 3. The summed E-state index contributed by atoms with van der Waals surface area (Å²) in [5, 5.41) is 22.8. The van der Waals surface area contributed by atoms with Gasteiger partial charge in [0.15, 0.2) is 0 Å². The van der Waals surface area contributed by atoms with Crippen molar-refractivity contribution in [3.63, 3.8) is 0 Å². The number of nitrogens with zero attached hydrogens (tertiary/aromatic N) is 2. The van der Waals surface area contributed by atoms with Crippen LogP contribution in [0.2, 0.25) is 0 Å². The highest BCUT2D eigenvalue weighted by molar-refractivity contribution is 5.87. The fourth-order valence-corrected chi connectivity index (χ4v) is 1.90. The summed E-state index contributed by atoms with van der Waals surface area (Å²) in [6.45, 7) is 3.12. The number of halogens is 1. The van der Waals surface area contributed by atoms with E-state index in [9.17, 15) is 14.3 Å². The molecule has 0 fully saturated rings. The predicted molar refractivity (Wildman–Crippen MR) is 70.8 cm³/mol. The number of rotatable bonds is 3. The molecule has 0 saturated heterocycles. The van der Waals surface area contributed by atoms with Crippen LogP contribution < -0.4 is 0 Å². The van der Waals surface area contributed by atoms with Crippen molar-refractivity contribution in [3.05, 3.63) is 41.3 Å². The van der Waals surface area contributed by atoms with Crippen molar-refractivity contribution in [1.82, 2.24) is 9.78 Å². The Morgan fingerprint density at radius 3 is 2.45 bits per heavy atom. The van der Waals surface area contributed by atoms with Crippen LogP contribution in [0.15, 0.2) is 24.3 Å². The normalized spacial score (nSPS) is 11.7. The minimum absolute atomic E-state index is 0.0223. The number of carboxylic acid groups (broad SMARTS) is 1. The lowest BCUT2D eigenvalue weighted by molar-refractivity contribution is 0.0684. The van der Waals surface area contributed by atoms with Crippen molar-refractivity contribution in [2.75, 3.05) is 0 Å². The molecular formula is C14H15FN2O3. The average Bonchev–Trinajstić information content (AvgIpc) is 2.69. The molecule has 2 N–H and O–H groups in total. The molecule has 1 aromatic heterocycles. The summed E-state index contributed by atoms with van der Waals surface area (Å²) >= 11 is 0. The van der Waals surface area contributed by atoms with Gasteiger partial charge in [0.2, 0.25) is 0 Å². The predicted octanol–water partition coefficient (Wildman–Crippen LogP) is 2.15. The Balaban J connectivity index is 2.49. The molecule has 1 heterocycles. The Bertz CT molecular complexity index is 672. The van der Waals surface area contributed by atoms with E-state index < -0.39 is 17.4 Å². The largest absolute Gasteiger partial charge is 0.477 e. The van der Waals surface area contributed by atoms with E-state index in [-0.39, 0.29) is 17.0 Å². The van der Waals surface area contributed by atoms with Crippen LogP contribution in [0, 0.1) is 5.82 Å². The van der Waals surface area contributed by atoms with Gasteiger partial charge in [0, 0.05) is 12.6 Å². The molecule has 0 aliphatic heterocycles. The summed E-state index contributed by atoms with van der Waals surface area (Å²) in [5.74, 6) is -1.68. The second-order valence-corrected chi connectivity index (χ2v) is 5.10. The van der Waals surface area contributed by atoms with Crippen LogP contribution in [0.3, 0.4) is 0 Å². The Labute approximate surface area is 115 Å². The Morgan fingerprint density at radius 1 is 1.35 bits per heavy atom. The fraction of sp³-hybridized carbons (Fsp3) is 0.286. The van der Waals surface area contributed by atoms with Gasteiger partial charge in [-0.3, -0.25) is 4.68 Å². The maximum absolute atomic E-state index is 14.1. The first-order valence-electron chi connectivity index (χ1n) is 6.00. The van der Waals surface area contributed by atoms with Crippen molar-refractivity contribution in [1.29, 1.82) is 0 Å². The maximum Gasteiger partial charge on any atom is 0.354 e. The number of carbonyl (C=O) groups is 1. The highest BCUT2D eigenvalue weighted by Gasteiger charge is 2.20. The van der Waals surface area contributed by atoms with Gasteiger partial charge in [-0.2, -0.15) is 5.10 Å². The zero-order chi connectivity index (χ0) is 15.1. The number of hydrogen-bond donors (Lipinski definition) is 2. The molecule has 0 radical (unpaired) electrons. The number of aliphatic hydroxyl groups is 1. The molecule has 20 heavy (non-hydrogen) atoms. The molecule has 1 aromatic carbocycles. The number of benzene rings is 1. The SMILES string of the molecule is Cn1nc(-c2ccc(C(C)(C)O)cc2F)cc1C(=O)O. The van der Waals surface area contributed by atoms with E-state index in [1.54, 1.807) is 19.9 Å². The van der Waals surface area contributed by atoms with Gasteiger partial charge in [-0.05, 0) is 37.6 Å². The van der Waals surface area contributed by atoms with Crippen molar-refractivity contribution in [3.8, 4) is 11.3 Å². The molecule has 2 rings (SSSR count). The smallest absolute Gasteiger partial charge is 0.354 e. The van der Waals surface area contributed by atoms with Crippen molar-refractivity contribution < 1.29 is 19.4 Å². The Kier molecular flexibility index (Phi) is 3.35. The molecule has 0 aliphatic carbocycles. The Hall–Kier alpha value is -2.21. The van der Waals surface area contributed by atoms with Crippen LogP contribution in [0.1, 0.15) is 29.9 Å². The van der Waals surface area contributed by atoms with Gasteiger partial charge in [0.25, 0.3) is 0 Å². The minimum Gasteiger partial charge on any atom is -0.477 e. The zero-order valence-corrected chi connectivity index (χ0v) is 11.4. The quantitative estimate of drug-likeness (QED) is 0.902. The summed E-state index contributed by atoms with van der Waals surface area (Å²) in [7, 11) is 1.48. The molecule has 0 aliphatic rings. The van der Waals surface area contributed by atoms with E-state index in [2.05, 4.69) is 5.10 Å². The molecular weight excluding hydrogens is 263 g/mol. The number of aromatic nitrogens is 2. The summed E-state index contributed by atoms with van der Waals surface area (Å²) in [6.07, 6.45) is 0. The highest BCUT2D eigenvalue weighted by atomic mass is 19.1. The second-order valence-electron chi connectivity index (χ2n) is 5.10. The van der Waals surface area contributed by atoms with Gasteiger partial charge < -0.3 is 10.2 Å². The van der Waals surface area contributed by atoms with E-state index in [4.69, 9.17) is 5.11 Å². The van der Waals surface area contributed by atoms with Crippen LogP contribution in [0.4, 0.5) is 4.39 Å². The molecule has 5 nitrogen and oxygen atoms in total. The zero-order valence-electron chi connectivity index (χ0n) is 11.4. The molecule has 0 spiro atoms. The van der Waals surface area contributed by atoms with Crippen LogP contribution in [-0.2, 0) is 12.6 Å². The summed E-state index contributed by atoms with van der Waals surface area (Å²) in [6, 6.07) is 5.61. The van der Waals surface area contributed by atoms with E-state index in [0.717, 1.165) is 0 Å². The van der Waals surface area contributed by atoms with Crippen molar-refractivity contribution in [2.24, 2.45) is 7.05 Å². The van der Waals surface area contributed by atoms with E-state index in [1.165, 1.54) is 29.9 Å². The third-order valence-electron chi connectivity index (χ3n) is 3.05. The summed E-state index contributed by atoms with van der Waals surface area (Å²) < 4.78 is 15.3. The van der Waals surface area contributed by atoms with Crippen molar-refractivity contribution >= 4 is 5.97 Å². The van der Waals surface area contributed by atoms with E-state index >= 15 is 0 Å². The van der Waals surface area contributed by atoms with Gasteiger partial charge in [-0.15, -0.1) is 0 Å². The lowest BCUT2D eigenvalue weighted by atomic mass is 9.96. The molecule has 106 valence electrons. The van der Waals surface area contributed by atoms with E-state index in [0.29, 0.717) is 5.56 Å². The highest BCUT2D eigenvalue weighted by Crippen LogP contribution is 2.27. The molecule has 6 heteroatoms. The number of aryl methyl sites for hydroxylation is 1. The van der Waals surface area contributed by atoms with Crippen LogP contribution in [0.5, 0.6) is 0 Å². The second kappa shape index (κ2) is 4.72. The first-order chi connectivity index (χ1) is 9.20. The molecule has 0 amide bonds. The summed E-state index contributed by atoms with van der Waals surface area (Å²) in [5.41, 5.74) is -0.291. The monoisotopic (exact) mass is 278 g/mol. The third-order valence-corrected chi connectivity index (χ3v) is 3.05. The molecule has 0 saturated carbocycles. The van der Waals surface area contributed by atoms with Gasteiger partial charge in [-0.25, -0.2) is 9.18 Å². The molecule has 2 aromatic rings. The van der Waals surface area contributed by atoms with Gasteiger partial charge in [0.1, 0.15) is 11.5 Å². The lowest BCUT2D eigenvalue weighted by Gasteiger charge is -2.18. The van der Waals surface area contributed by atoms with E-state index in [1.807, 2.05) is 0 Å². The lowest BCUT2D eigenvalue weighted by Crippen LogP contribution is -2.15. The standard InChI is InChI=1S/C14H15FN2O3/c1-14(2,20)8-4-5-9(10(15)6-8)11-7-12(13(18)19)17(3)16-11/h4-7,20H,1-3H3,(H,18,19). The first-order valence-corrected chi connectivity index (χ1v) is 6.00. The maximum atomic E-state index is 14.1. The van der Waals surface area contributed by atoms with Crippen LogP contribution >= 0.6 is 0 Å².